The lowest BCUT2D eigenvalue weighted by Gasteiger charge is -2.31. The molecule has 7 nitrogen and oxygen atoms in total. The minimum Gasteiger partial charge on any atom is -0.329 e. The van der Waals surface area contributed by atoms with Crippen molar-refractivity contribution in [3.05, 3.63) is 68.7 Å². The van der Waals surface area contributed by atoms with E-state index in [1.165, 1.54) is 27.8 Å². The highest BCUT2D eigenvalue weighted by molar-refractivity contribution is 7.89. The third-order valence-electron chi connectivity index (χ3n) is 4.85. The topological polar surface area (TPSA) is 85.0 Å². The zero-order chi connectivity index (χ0) is 19.6. The van der Waals surface area contributed by atoms with E-state index in [1.807, 2.05) is 18.2 Å². The van der Waals surface area contributed by atoms with Gasteiger partial charge >= 0.3 is 0 Å². The van der Waals surface area contributed by atoms with Crippen LogP contribution in [0.1, 0.15) is 11.1 Å². The molecule has 9 heteroatoms. The summed E-state index contributed by atoms with van der Waals surface area (Å²) in [7, 11) is -3.82. The second-order valence-corrected chi connectivity index (χ2v) is 8.97. The normalized spacial score (nSPS) is 16.4. The molecule has 27 heavy (non-hydrogen) atoms. The van der Waals surface area contributed by atoms with Gasteiger partial charge in [0.15, 0.2) is 0 Å². The van der Waals surface area contributed by atoms with Crippen LogP contribution in [0.25, 0.3) is 0 Å². The van der Waals surface area contributed by atoms with Gasteiger partial charge in [-0.05, 0) is 13.0 Å². The van der Waals surface area contributed by atoms with Crippen LogP contribution >= 0.6 is 11.6 Å². The van der Waals surface area contributed by atoms with Crippen LogP contribution in [-0.4, -0.2) is 43.8 Å². The monoisotopic (exact) mass is 410 g/mol. The molecule has 1 fully saturated rings. The van der Waals surface area contributed by atoms with E-state index in [9.17, 15) is 18.5 Å². The number of nitrogens with zero attached hydrogens (tertiary/aromatic N) is 2. The third-order valence-corrected chi connectivity index (χ3v) is 7.12. The summed E-state index contributed by atoms with van der Waals surface area (Å²) < 4.78 is 27.2. The lowest BCUT2D eigenvalue weighted by molar-refractivity contribution is -0.917. The maximum absolute atomic E-state index is 12.9. The molecule has 2 aromatic carbocycles. The molecule has 1 heterocycles. The Morgan fingerprint density at radius 3 is 2.41 bits per heavy atom. The first kappa shape index (κ1) is 19.8. The lowest BCUT2D eigenvalue weighted by Crippen LogP contribution is -3.13. The van der Waals surface area contributed by atoms with Crippen LogP contribution in [0.3, 0.4) is 0 Å². The van der Waals surface area contributed by atoms with Gasteiger partial charge in [0.1, 0.15) is 6.54 Å². The van der Waals surface area contributed by atoms with Gasteiger partial charge < -0.3 is 4.90 Å². The van der Waals surface area contributed by atoms with Gasteiger partial charge in [0, 0.05) is 17.2 Å². The van der Waals surface area contributed by atoms with Crippen molar-refractivity contribution in [3.8, 4) is 0 Å². The smallest absolute Gasteiger partial charge is 0.275 e. The molecule has 2 aromatic rings. The summed E-state index contributed by atoms with van der Waals surface area (Å²) in [5.41, 5.74) is 1.19. The predicted octanol–water partition coefficient (Wildman–Crippen LogP) is 1.65. The highest BCUT2D eigenvalue weighted by Crippen LogP contribution is 2.30. The molecule has 1 aliphatic heterocycles. The van der Waals surface area contributed by atoms with E-state index in [2.05, 4.69) is 12.1 Å². The van der Waals surface area contributed by atoms with Crippen molar-refractivity contribution in [1.82, 2.24) is 4.31 Å². The average Bonchev–Trinajstić information content (AvgIpc) is 2.64. The minimum absolute atomic E-state index is 0.0797. The van der Waals surface area contributed by atoms with Gasteiger partial charge in [-0.2, -0.15) is 4.31 Å². The van der Waals surface area contributed by atoms with E-state index in [-0.39, 0.29) is 21.2 Å². The van der Waals surface area contributed by atoms with Crippen molar-refractivity contribution < 1.29 is 18.2 Å². The second kappa shape index (κ2) is 7.93. The first-order valence-corrected chi connectivity index (χ1v) is 10.4. The Hall–Kier alpha value is -2.00. The minimum atomic E-state index is -3.82. The second-order valence-electron chi connectivity index (χ2n) is 6.62. The Labute approximate surface area is 163 Å². The zero-order valence-electron chi connectivity index (χ0n) is 14.9. The van der Waals surface area contributed by atoms with E-state index in [4.69, 9.17) is 11.6 Å². The number of sulfonamides is 1. The van der Waals surface area contributed by atoms with Gasteiger partial charge in [-0.25, -0.2) is 8.42 Å². The van der Waals surface area contributed by atoms with Crippen LogP contribution in [0.5, 0.6) is 0 Å². The number of nitro benzene ring substituents is 1. The fourth-order valence-corrected chi connectivity index (χ4v) is 5.00. The molecular formula is C18H21ClN3O4S+. The van der Waals surface area contributed by atoms with Crippen LogP contribution in [0.15, 0.2) is 47.4 Å². The van der Waals surface area contributed by atoms with Crippen molar-refractivity contribution in [2.24, 2.45) is 0 Å². The van der Waals surface area contributed by atoms with Crippen LogP contribution in [-0.2, 0) is 16.6 Å². The standard InChI is InChI=1S/C18H20ClN3O4S/c1-14-17(19)11-16(12-18(14)22(23)24)27(25,26)21-9-7-20(8-10-21)13-15-5-3-2-4-6-15/h2-6,11-12H,7-10,13H2,1H3/p+1. The molecule has 0 atom stereocenters. The Balaban J connectivity index is 1.75. The number of nitro groups is 1. The Bertz CT molecular complexity index is 943. The van der Waals surface area contributed by atoms with Gasteiger partial charge in [-0.3, -0.25) is 10.1 Å². The van der Waals surface area contributed by atoms with Crippen molar-refractivity contribution in [1.29, 1.82) is 0 Å². The summed E-state index contributed by atoms with van der Waals surface area (Å²) >= 11 is 6.03. The quantitative estimate of drug-likeness (QED) is 0.600. The molecule has 0 saturated carbocycles. The van der Waals surface area contributed by atoms with E-state index < -0.39 is 14.9 Å². The SMILES string of the molecule is Cc1c(Cl)cc(S(=O)(=O)N2CC[NH+](Cc3ccccc3)CC2)cc1[N+](=O)[O-]. The lowest BCUT2D eigenvalue weighted by atomic mass is 10.2. The summed E-state index contributed by atoms with van der Waals surface area (Å²) in [4.78, 5) is 11.7. The summed E-state index contributed by atoms with van der Waals surface area (Å²) in [6.07, 6.45) is 0. The molecule has 0 spiro atoms. The highest BCUT2D eigenvalue weighted by atomic mass is 35.5. The van der Waals surface area contributed by atoms with Gasteiger partial charge in [-0.15, -0.1) is 0 Å². The first-order chi connectivity index (χ1) is 12.8. The van der Waals surface area contributed by atoms with Gasteiger partial charge in [0.25, 0.3) is 5.69 Å². The van der Waals surface area contributed by atoms with Crippen molar-refractivity contribution in [3.63, 3.8) is 0 Å². The van der Waals surface area contributed by atoms with E-state index in [0.29, 0.717) is 26.2 Å². The summed E-state index contributed by atoms with van der Waals surface area (Å²) in [6, 6.07) is 12.5. The highest BCUT2D eigenvalue weighted by Gasteiger charge is 2.32. The van der Waals surface area contributed by atoms with Crippen LogP contribution < -0.4 is 4.90 Å². The molecule has 0 aromatic heterocycles. The molecule has 1 N–H and O–H groups in total. The molecule has 0 amide bonds. The maximum Gasteiger partial charge on any atom is 0.275 e. The summed E-state index contributed by atoms with van der Waals surface area (Å²) in [6.45, 7) is 4.43. The molecule has 0 bridgehead atoms. The number of quaternary nitrogens is 1. The first-order valence-electron chi connectivity index (χ1n) is 8.61. The molecule has 144 valence electrons. The van der Waals surface area contributed by atoms with Crippen LogP contribution in [0.4, 0.5) is 5.69 Å². The van der Waals surface area contributed by atoms with Crippen LogP contribution in [0.2, 0.25) is 5.02 Å². The number of benzene rings is 2. The van der Waals surface area contributed by atoms with E-state index >= 15 is 0 Å². The van der Waals surface area contributed by atoms with Crippen molar-refractivity contribution >= 4 is 27.3 Å². The molecular weight excluding hydrogens is 390 g/mol. The Kier molecular flexibility index (Phi) is 5.81. The molecule has 1 aliphatic rings. The Morgan fingerprint density at radius 2 is 1.81 bits per heavy atom. The van der Waals surface area contributed by atoms with Crippen molar-refractivity contribution in [2.75, 3.05) is 26.2 Å². The number of rotatable bonds is 5. The molecule has 1 saturated heterocycles. The zero-order valence-corrected chi connectivity index (χ0v) is 16.5. The number of nitrogens with one attached hydrogen (secondary N) is 1. The number of piperazine rings is 1. The van der Waals surface area contributed by atoms with E-state index in [0.717, 1.165) is 12.6 Å². The third kappa shape index (κ3) is 4.30. The van der Waals surface area contributed by atoms with Gasteiger partial charge in [-0.1, -0.05) is 41.9 Å². The molecule has 0 unspecified atom stereocenters. The fourth-order valence-electron chi connectivity index (χ4n) is 3.23. The van der Waals surface area contributed by atoms with Gasteiger partial charge in [0.05, 0.1) is 41.0 Å². The number of hydrogen-bond acceptors (Lipinski definition) is 4. The summed E-state index contributed by atoms with van der Waals surface area (Å²) in [5, 5.41) is 11.3. The van der Waals surface area contributed by atoms with Crippen molar-refractivity contribution in [2.45, 2.75) is 18.4 Å². The van der Waals surface area contributed by atoms with Gasteiger partial charge in [0.2, 0.25) is 10.0 Å². The molecule has 0 radical (unpaired) electrons. The molecule has 3 rings (SSSR count). The molecule has 0 aliphatic carbocycles. The average molecular weight is 411 g/mol. The predicted molar refractivity (Wildman–Crippen MR) is 102 cm³/mol. The Morgan fingerprint density at radius 1 is 1.19 bits per heavy atom. The maximum atomic E-state index is 12.9. The number of hydrogen-bond donors (Lipinski definition) is 1. The fraction of sp³-hybridized carbons (Fsp3) is 0.333. The van der Waals surface area contributed by atoms with Crippen LogP contribution in [0, 0.1) is 17.0 Å². The largest absolute Gasteiger partial charge is 0.329 e. The van der Waals surface area contributed by atoms with E-state index in [1.54, 1.807) is 0 Å². The number of halogens is 1. The summed E-state index contributed by atoms with van der Waals surface area (Å²) in [5.74, 6) is 0.